The molecule has 0 unspecified atom stereocenters. The first-order chi connectivity index (χ1) is 21.5. The maximum Gasteiger partial charge on any atom is 0.573 e. The first kappa shape index (κ1) is 33.2. The van der Waals surface area contributed by atoms with Crippen LogP contribution in [0.4, 0.5) is 23.7 Å². The third-order valence-corrected chi connectivity index (χ3v) is 7.16. The molecule has 3 amide bonds. The largest absolute Gasteiger partial charge is 0.573 e. The van der Waals surface area contributed by atoms with Crippen molar-refractivity contribution in [2.75, 3.05) is 31.6 Å². The van der Waals surface area contributed by atoms with Crippen LogP contribution in [0.1, 0.15) is 48.5 Å². The Labute approximate surface area is 259 Å². The number of halogens is 3. The molecule has 4 rings (SSSR count). The van der Waals surface area contributed by atoms with Crippen molar-refractivity contribution < 1.29 is 41.8 Å². The van der Waals surface area contributed by atoms with Gasteiger partial charge in [0.2, 0.25) is 0 Å². The van der Waals surface area contributed by atoms with Crippen molar-refractivity contribution in [2.45, 2.75) is 52.0 Å². The fraction of sp³-hybridized carbons (Fsp3) is 0.364. The number of carbonyl (C=O) groups is 3. The molecule has 0 bridgehead atoms. The lowest BCUT2D eigenvalue weighted by atomic mass is 9.94. The summed E-state index contributed by atoms with van der Waals surface area (Å²) in [6.45, 7) is 5.33. The number of aryl methyl sites for hydroxylation is 1. The molecule has 12 heteroatoms. The van der Waals surface area contributed by atoms with Crippen LogP contribution in [0.15, 0.2) is 66.7 Å². The molecule has 1 aliphatic heterocycles. The highest BCUT2D eigenvalue weighted by Crippen LogP contribution is 2.32. The lowest BCUT2D eigenvalue weighted by Crippen LogP contribution is -2.46. The maximum atomic E-state index is 13.4. The normalized spacial score (nSPS) is 13.6. The number of esters is 1. The summed E-state index contributed by atoms with van der Waals surface area (Å²) in [6.07, 6.45) is -2.88. The minimum absolute atomic E-state index is 0.114. The van der Waals surface area contributed by atoms with Gasteiger partial charge >= 0.3 is 18.4 Å². The fourth-order valence-corrected chi connectivity index (χ4v) is 5.05. The van der Waals surface area contributed by atoms with Gasteiger partial charge in [-0.3, -0.25) is 9.59 Å². The van der Waals surface area contributed by atoms with Crippen molar-refractivity contribution in [3.05, 3.63) is 77.9 Å². The van der Waals surface area contributed by atoms with Crippen molar-refractivity contribution >= 4 is 23.6 Å². The second-order valence-electron chi connectivity index (χ2n) is 10.5. The Hall–Kier alpha value is -4.74. The van der Waals surface area contributed by atoms with Crippen LogP contribution >= 0.6 is 0 Å². The summed E-state index contributed by atoms with van der Waals surface area (Å²) in [7, 11) is 0. The number of nitrogens with zero attached hydrogens (tertiary/aromatic N) is 1. The molecule has 1 heterocycles. The Balaban J connectivity index is 1.32. The Bertz CT molecular complexity index is 1470. The Morgan fingerprint density at radius 3 is 2.36 bits per heavy atom. The maximum absolute atomic E-state index is 13.4. The van der Waals surface area contributed by atoms with Gasteiger partial charge in [0, 0.05) is 56.2 Å². The molecule has 0 atom stereocenters. The zero-order valence-electron chi connectivity index (χ0n) is 25.1. The lowest BCUT2D eigenvalue weighted by molar-refractivity contribution is -0.274. The number of rotatable bonds is 11. The highest BCUT2D eigenvalue weighted by atomic mass is 19.4. The van der Waals surface area contributed by atoms with E-state index in [4.69, 9.17) is 9.47 Å². The van der Waals surface area contributed by atoms with Crippen LogP contribution in [0.5, 0.6) is 11.5 Å². The first-order valence-corrected chi connectivity index (χ1v) is 14.7. The van der Waals surface area contributed by atoms with Gasteiger partial charge in [-0.25, -0.2) is 4.79 Å². The predicted molar refractivity (Wildman–Crippen MR) is 162 cm³/mol. The number of urea groups is 1. The summed E-state index contributed by atoms with van der Waals surface area (Å²) >= 11 is 0. The molecule has 2 N–H and O–H groups in total. The van der Waals surface area contributed by atoms with E-state index in [-0.39, 0.29) is 36.2 Å². The molecule has 0 saturated carbocycles. The van der Waals surface area contributed by atoms with E-state index in [2.05, 4.69) is 15.4 Å². The second-order valence-corrected chi connectivity index (χ2v) is 10.5. The highest BCUT2D eigenvalue weighted by Gasteiger charge is 2.31. The molecule has 1 saturated heterocycles. The Morgan fingerprint density at radius 2 is 1.67 bits per heavy atom. The fourth-order valence-electron chi connectivity index (χ4n) is 5.05. The summed E-state index contributed by atoms with van der Waals surface area (Å²) in [5, 5.41) is 5.73. The number of hydrogen-bond donors (Lipinski definition) is 2. The summed E-state index contributed by atoms with van der Waals surface area (Å²) in [5.41, 5.74) is 2.81. The Kier molecular flexibility index (Phi) is 11.3. The third kappa shape index (κ3) is 9.88. The average Bonchev–Trinajstić information content (AvgIpc) is 2.99. The van der Waals surface area contributed by atoms with Gasteiger partial charge < -0.3 is 29.7 Å². The van der Waals surface area contributed by atoms with E-state index in [9.17, 15) is 27.6 Å². The van der Waals surface area contributed by atoms with Crippen molar-refractivity contribution in [3.63, 3.8) is 0 Å². The smallest absolute Gasteiger partial charge is 0.490 e. The molecule has 3 aromatic carbocycles. The van der Waals surface area contributed by atoms with Crippen LogP contribution in [0.3, 0.4) is 0 Å². The zero-order chi connectivity index (χ0) is 32.4. The highest BCUT2D eigenvalue weighted by molar-refractivity contribution is 6.09. The van der Waals surface area contributed by atoms with Crippen LogP contribution in [-0.4, -0.2) is 61.5 Å². The molecule has 240 valence electrons. The summed E-state index contributed by atoms with van der Waals surface area (Å²) in [6, 6.07) is 17.4. The monoisotopic (exact) mass is 627 g/mol. The van der Waals surface area contributed by atoms with E-state index in [1.165, 1.54) is 24.3 Å². The number of carbonyl (C=O) groups excluding carboxylic acids is 3. The standard InChI is InChI=1S/C33H36F3N3O6/c1-3-43-29(40)11-6-18-37-32(42)39-19-16-25(17-20-39)44-27-9-5-8-24(21-27)38-31(41)28-10-4-7-22(2)30(28)23-12-14-26(15-13-23)45-33(34,35)36/h4-5,7-10,12-15,21,25H,3,6,11,16-20H2,1-2H3,(H,37,42)(H,38,41). The van der Waals surface area contributed by atoms with Crippen LogP contribution in [0.2, 0.25) is 0 Å². The molecule has 0 radical (unpaired) electrons. The minimum atomic E-state index is -4.80. The van der Waals surface area contributed by atoms with Crippen LogP contribution in [0, 0.1) is 6.92 Å². The first-order valence-electron chi connectivity index (χ1n) is 14.7. The quantitative estimate of drug-likeness (QED) is 0.181. The van der Waals surface area contributed by atoms with Crippen molar-refractivity contribution in [3.8, 4) is 22.6 Å². The number of anilines is 1. The van der Waals surface area contributed by atoms with Gasteiger partial charge in [-0.15, -0.1) is 13.2 Å². The van der Waals surface area contributed by atoms with Gasteiger partial charge in [-0.1, -0.05) is 30.3 Å². The van der Waals surface area contributed by atoms with E-state index in [1.807, 2.05) is 13.0 Å². The van der Waals surface area contributed by atoms with Gasteiger partial charge in [0.1, 0.15) is 17.6 Å². The molecule has 0 aliphatic carbocycles. The summed E-state index contributed by atoms with van der Waals surface area (Å²) in [4.78, 5) is 39.0. The number of alkyl halides is 3. The molecular formula is C33H36F3N3O6. The van der Waals surface area contributed by atoms with Gasteiger partial charge in [0.05, 0.1) is 6.61 Å². The van der Waals surface area contributed by atoms with E-state index < -0.39 is 6.36 Å². The van der Waals surface area contributed by atoms with Gasteiger partial charge in [-0.05, 0) is 67.3 Å². The molecule has 0 aromatic heterocycles. The van der Waals surface area contributed by atoms with E-state index in [0.29, 0.717) is 73.6 Å². The minimum Gasteiger partial charge on any atom is -0.490 e. The Morgan fingerprint density at radius 1 is 0.956 bits per heavy atom. The molecule has 3 aromatic rings. The van der Waals surface area contributed by atoms with Crippen molar-refractivity contribution in [1.82, 2.24) is 10.2 Å². The number of likely N-dealkylation sites (tertiary alicyclic amines) is 1. The average molecular weight is 628 g/mol. The third-order valence-electron chi connectivity index (χ3n) is 7.16. The number of ether oxygens (including phenoxy) is 3. The number of benzene rings is 3. The topological polar surface area (TPSA) is 106 Å². The summed E-state index contributed by atoms with van der Waals surface area (Å²) < 4.78 is 52.8. The molecule has 0 spiro atoms. The molecule has 1 aliphatic rings. The van der Waals surface area contributed by atoms with Crippen LogP contribution < -0.4 is 20.1 Å². The van der Waals surface area contributed by atoms with E-state index in [1.54, 1.807) is 48.2 Å². The van der Waals surface area contributed by atoms with Gasteiger partial charge in [0.25, 0.3) is 5.91 Å². The number of amides is 3. The van der Waals surface area contributed by atoms with E-state index in [0.717, 1.165) is 5.56 Å². The van der Waals surface area contributed by atoms with Crippen molar-refractivity contribution in [2.24, 2.45) is 0 Å². The molecular weight excluding hydrogens is 591 g/mol. The van der Waals surface area contributed by atoms with Crippen molar-refractivity contribution in [1.29, 1.82) is 0 Å². The zero-order valence-corrected chi connectivity index (χ0v) is 25.1. The number of piperidine rings is 1. The summed E-state index contributed by atoms with van der Waals surface area (Å²) in [5.74, 6) is -0.442. The lowest BCUT2D eigenvalue weighted by Gasteiger charge is -2.32. The predicted octanol–water partition coefficient (Wildman–Crippen LogP) is 6.71. The van der Waals surface area contributed by atoms with Gasteiger partial charge in [0.15, 0.2) is 0 Å². The van der Waals surface area contributed by atoms with Crippen LogP contribution in [-0.2, 0) is 9.53 Å². The molecule has 9 nitrogen and oxygen atoms in total. The molecule has 45 heavy (non-hydrogen) atoms. The SMILES string of the molecule is CCOC(=O)CCCNC(=O)N1CCC(Oc2cccc(NC(=O)c3cccc(C)c3-c3ccc(OC(F)(F)F)cc3)c2)CC1. The second kappa shape index (κ2) is 15.3. The van der Waals surface area contributed by atoms with Crippen LogP contribution in [0.25, 0.3) is 11.1 Å². The molecule has 1 fully saturated rings. The van der Waals surface area contributed by atoms with Gasteiger partial charge in [-0.2, -0.15) is 0 Å². The number of hydrogen-bond acceptors (Lipinski definition) is 6. The number of nitrogens with one attached hydrogen (secondary N) is 2. The van der Waals surface area contributed by atoms with E-state index >= 15 is 0 Å².